The Balaban J connectivity index is 1.73. The molecule has 1 aliphatic rings. The SMILES string of the molecule is COc1cc(F)c(N2C(=O)Cc3csc(C(=O)O)c3C2=O)cc1CCc1ccccc1. The van der Waals surface area contributed by atoms with Gasteiger partial charge < -0.3 is 9.84 Å². The summed E-state index contributed by atoms with van der Waals surface area (Å²) in [6, 6.07) is 12.3. The van der Waals surface area contributed by atoms with E-state index >= 15 is 0 Å². The average molecular weight is 439 g/mol. The van der Waals surface area contributed by atoms with Crippen molar-refractivity contribution < 1.29 is 28.6 Å². The van der Waals surface area contributed by atoms with E-state index < -0.39 is 23.6 Å². The highest BCUT2D eigenvalue weighted by atomic mass is 32.1. The first-order chi connectivity index (χ1) is 14.9. The number of aromatic carboxylic acids is 1. The number of hydrogen-bond donors (Lipinski definition) is 1. The molecule has 0 atom stereocenters. The lowest BCUT2D eigenvalue weighted by atomic mass is 9.98. The molecule has 0 fully saturated rings. The Morgan fingerprint density at radius 2 is 1.94 bits per heavy atom. The van der Waals surface area contributed by atoms with E-state index in [9.17, 15) is 23.9 Å². The summed E-state index contributed by atoms with van der Waals surface area (Å²) in [6.07, 6.45) is 0.985. The number of hydrogen-bond acceptors (Lipinski definition) is 5. The Bertz CT molecular complexity index is 1190. The molecule has 0 saturated carbocycles. The number of amides is 2. The van der Waals surface area contributed by atoms with Crippen LogP contribution in [-0.4, -0.2) is 30.0 Å². The van der Waals surface area contributed by atoms with Crippen molar-refractivity contribution in [2.45, 2.75) is 19.3 Å². The van der Waals surface area contributed by atoms with Crippen LogP contribution in [-0.2, 0) is 24.1 Å². The van der Waals surface area contributed by atoms with Crippen LogP contribution in [0.4, 0.5) is 10.1 Å². The van der Waals surface area contributed by atoms with E-state index in [2.05, 4.69) is 0 Å². The van der Waals surface area contributed by atoms with E-state index in [1.54, 1.807) is 0 Å². The topological polar surface area (TPSA) is 83.9 Å². The highest BCUT2D eigenvalue weighted by Gasteiger charge is 2.38. The number of thiophene rings is 1. The lowest BCUT2D eigenvalue weighted by molar-refractivity contribution is -0.117. The minimum atomic E-state index is -1.26. The number of aryl methyl sites for hydroxylation is 2. The molecular formula is C23H18FNO5S. The molecule has 1 aromatic heterocycles. The largest absolute Gasteiger partial charge is 0.496 e. The molecule has 1 aliphatic heterocycles. The fourth-order valence-corrected chi connectivity index (χ4v) is 4.59. The maximum atomic E-state index is 14.9. The van der Waals surface area contributed by atoms with Gasteiger partial charge in [0.2, 0.25) is 5.91 Å². The Morgan fingerprint density at radius 1 is 1.19 bits per heavy atom. The number of benzene rings is 2. The Morgan fingerprint density at radius 3 is 2.61 bits per heavy atom. The first-order valence-corrected chi connectivity index (χ1v) is 10.4. The summed E-state index contributed by atoms with van der Waals surface area (Å²) in [5.41, 5.74) is 1.81. The summed E-state index contributed by atoms with van der Waals surface area (Å²) in [4.78, 5) is 37.8. The molecule has 0 radical (unpaired) electrons. The molecule has 6 nitrogen and oxygen atoms in total. The number of halogens is 1. The number of carbonyl (C=O) groups excluding carboxylic acids is 2. The number of fused-ring (bicyclic) bond motifs is 1. The minimum absolute atomic E-state index is 0.0573. The number of ether oxygens (including phenoxy) is 1. The van der Waals surface area contributed by atoms with E-state index in [1.807, 2.05) is 30.3 Å². The summed E-state index contributed by atoms with van der Waals surface area (Å²) >= 11 is 0.883. The highest BCUT2D eigenvalue weighted by Crippen LogP contribution is 2.35. The molecule has 2 heterocycles. The highest BCUT2D eigenvalue weighted by molar-refractivity contribution is 7.12. The summed E-state index contributed by atoms with van der Waals surface area (Å²) < 4.78 is 20.2. The number of imide groups is 1. The maximum absolute atomic E-state index is 14.9. The van der Waals surface area contributed by atoms with Crippen LogP contribution in [0.15, 0.2) is 47.8 Å². The molecule has 0 spiro atoms. The third kappa shape index (κ3) is 3.82. The van der Waals surface area contributed by atoms with E-state index in [1.165, 1.54) is 18.6 Å². The van der Waals surface area contributed by atoms with Gasteiger partial charge in [-0.15, -0.1) is 11.3 Å². The number of anilines is 1. The van der Waals surface area contributed by atoms with Gasteiger partial charge in [-0.05, 0) is 41.0 Å². The maximum Gasteiger partial charge on any atom is 0.346 e. The van der Waals surface area contributed by atoms with Gasteiger partial charge in [0.05, 0.1) is 24.8 Å². The van der Waals surface area contributed by atoms with Crippen molar-refractivity contribution in [2.24, 2.45) is 0 Å². The van der Waals surface area contributed by atoms with Crippen LogP contribution in [0, 0.1) is 5.82 Å². The van der Waals surface area contributed by atoms with Crippen molar-refractivity contribution in [3.63, 3.8) is 0 Å². The minimum Gasteiger partial charge on any atom is -0.496 e. The number of carboxylic acid groups (broad SMARTS) is 1. The van der Waals surface area contributed by atoms with Crippen molar-refractivity contribution in [3.05, 3.63) is 80.8 Å². The summed E-state index contributed by atoms with van der Waals surface area (Å²) in [5.74, 6) is -3.17. The second kappa shape index (κ2) is 8.31. The molecule has 4 rings (SSSR count). The first-order valence-electron chi connectivity index (χ1n) is 9.52. The molecule has 158 valence electrons. The Hall–Kier alpha value is -3.52. The van der Waals surface area contributed by atoms with Gasteiger partial charge >= 0.3 is 5.97 Å². The number of carbonyl (C=O) groups is 3. The fraction of sp³-hybridized carbons (Fsp3) is 0.174. The van der Waals surface area contributed by atoms with Gasteiger partial charge in [-0.2, -0.15) is 0 Å². The summed E-state index contributed by atoms with van der Waals surface area (Å²) in [7, 11) is 1.43. The number of nitrogens with zero attached hydrogens (tertiary/aromatic N) is 1. The third-order valence-electron chi connectivity index (χ3n) is 5.19. The van der Waals surface area contributed by atoms with Crippen molar-refractivity contribution in [3.8, 4) is 5.75 Å². The van der Waals surface area contributed by atoms with Gasteiger partial charge in [0, 0.05) is 6.07 Å². The fourth-order valence-electron chi connectivity index (χ4n) is 3.69. The number of carboxylic acids is 1. The van der Waals surface area contributed by atoms with Crippen LogP contribution < -0.4 is 9.64 Å². The second-order valence-corrected chi connectivity index (χ2v) is 7.96. The smallest absolute Gasteiger partial charge is 0.346 e. The van der Waals surface area contributed by atoms with E-state index in [4.69, 9.17) is 4.74 Å². The standard InChI is InChI=1S/C23H18FNO5S/c1-30-18-11-16(24)17(9-14(18)8-7-13-5-3-2-4-6-13)25-19(26)10-15-12-31-21(23(28)29)20(15)22(25)27/h2-6,9,11-12H,7-8,10H2,1H3,(H,28,29). The van der Waals surface area contributed by atoms with Crippen LogP contribution in [0.3, 0.4) is 0 Å². The molecule has 31 heavy (non-hydrogen) atoms. The van der Waals surface area contributed by atoms with Crippen molar-refractivity contribution in [1.82, 2.24) is 0 Å². The van der Waals surface area contributed by atoms with Crippen LogP contribution >= 0.6 is 11.3 Å². The monoisotopic (exact) mass is 439 g/mol. The van der Waals surface area contributed by atoms with E-state index in [0.29, 0.717) is 29.7 Å². The molecule has 0 saturated heterocycles. The molecular weight excluding hydrogens is 421 g/mol. The van der Waals surface area contributed by atoms with Gasteiger partial charge in [0.25, 0.3) is 5.91 Å². The van der Waals surface area contributed by atoms with Gasteiger partial charge in [0.15, 0.2) is 5.82 Å². The van der Waals surface area contributed by atoms with Crippen LogP contribution in [0.2, 0.25) is 0 Å². The Kier molecular flexibility index (Phi) is 5.56. The second-order valence-electron chi connectivity index (χ2n) is 7.08. The van der Waals surface area contributed by atoms with Gasteiger partial charge in [0.1, 0.15) is 10.6 Å². The third-order valence-corrected chi connectivity index (χ3v) is 6.20. The predicted octanol–water partition coefficient (Wildman–Crippen LogP) is 4.11. The van der Waals surface area contributed by atoms with E-state index in [-0.39, 0.29) is 22.5 Å². The summed E-state index contributed by atoms with van der Waals surface area (Å²) in [6.45, 7) is 0. The number of rotatable bonds is 6. The number of methoxy groups -OCH3 is 1. The lowest BCUT2D eigenvalue weighted by Gasteiger charge is -2.27. The lowest BCUT2D eigenvalue weighted by Crippen LogP contribution is -2.43. The van der Waals surface area contributed by atoms with Crippen LogP contribution in [0.5, 0.6) is 5.75 Å². The molecule has 1 N–H and O–H groups in total. The van der Waals surface area contributed by atoms with Gasteiger partial charge in [-0.3, -0.25) is 9.59 Å². The zero-order valence-corrected chi connectivity index (χ0v) is 17.4. The molecule has 2 aromatic carbocycles. The van der Waals surface area contributed by atoms with Gasteiger partial charge in [-0.25, -0.2) is 14.1 Å². The molecule has 8 heteroatoms. The van der Waals surface area contributed by atoms with Gasteiger partial charge in [-0.1, -0.05) is 30.3 Å². The molecule has 3 aromatic rings. The van der Waals surface area contributed by atoms with Crippen molar-refractivity contribution in [1.29, 1.82) is 0 Å². The van der Waals surface area contributed by atoms with E-state index in [0.717, 1.165) is 27.9 Å². The summed E-state index contributed by atoms with van der Waals surface area (Å²) in [5, 5.41) is 10.9. The normalized spacial score (nSPS) is 13.3. The van der Waals surface area contributed by atoms with Crippen molar-refractivity contribution >= 4 is 34.8 Å². The quantitative estimate of drug-likeness (QED) is 0.585. The zero-order valence-electron chi connectivity index (χ0n) is 16.6. The predicted molar refractivity (Wildman–Crippen MR) is 114 cm³/mol. The average Bonchev–Trinajstić information content (AvgIpc) is 3.18. The molecule has 0 bridgehead atoms. The molecule has 0 aliphatic carbocycles. The van der Waals surface area contributed by atoms with Crippen LogP contribution in [0.1, 0.15) is 36.7 Å². The van der Waals surface area contributed by atoms with Crippen molar-refractivity contribution in [2.75, 3.05) is 12.0 Å². The molecule has 0 unspecified atom stereocenters. The zero-order chi connectivity index (χ0) is 22.1. The van der Waals surface area contributed by atoms with Crippen LogP contribution in [0.25, 0.3) is 0 Å². The first kappa shape index (κ1) is 20.7. The Labute approximate surface area is 181 Å². The molecule has 2 amide bonds.